The molecule has 70 valence electrons. The van der Waals surface area contributed by atoms with Crippen LogP contribution in [0.3, 0.4) is 0 Å². The Labute approximate surface area is 75.1 Å². The molecule has 4 heteroatoms. The molecule has 0 amide bonds. The molecule has 0 radical (unpaired) electrons. The molecular weight excluding hydrogens is 186 g/mol. The maximum Gasteiger partial charge on any atom is 0.242 e. The number of alkyl halides is 2. The molecule has 1 aliphatic carbocycles. The zero-order chi connectivity index (χ0) is 9.14. The average molecular weight is 197 g/mol. The minimum absolute atomic E-state index is 0.0210. The first-order valence-corrected chi connectivity index (χ1v) is 4.45. The quantitative estimate of drug-likeness (QED) is 0.632. The number of hydrogen-bond acceptors (Lipinski definition) is 1. The Balaban J connectivity index is 2.42. The molecule has 0 saturated heterocycles. The van der Waals surface area contributed by atoms with E-state index in [2.05, 4.69) is 0 Å². The zero-order valence-corrected chi connectivity index (χ0v) is 7.36. The van der Waals surface area contributed by atoms with Crippen LogP contribution in [0.5, 0.6) is 0 Å². The van der Waals surface area contributed by atoms with Crippen molar-refractivity contribution in [1.29, 1.82) is 0 Å². The van der Waals surface area contributed by atoms with E-state index in [9.17, 15) is 13.6 Å². The number of hydrogen-bond donors (Lipinski definition) is 0. The fourth-order valence-corrected chi connectivity index (χ4v) is 1.69. The standard InChI is InChI=1S/C8H11ClF2O/c9-7(12)4-6(8(10)11)5-2-1-3-5/h5-6,8H,1-4H2. The van der Waals surface area contributed by atoms with Crippen LogP contribution in [0.1, 0.15) is 25.7 Å². The summed E-state index contributed by atoms with van der Waals surface area (Å²) in [6, 6.07) is 0. The maximum absolute atomic E-state index is 12.3. The normalized spacial score (nSPS) is 20.7. The summed E-state index contributed by atoms with van der Waals surface area (Å²) in [5.74, 6) is -0.781. The first kappa shape index (κ1) is 9.90. The molecule has 1 nitrogen and oxygen atoms in total. The predicted molar refractivity (Wildman–Crippen MR) is 42.3 cm³/mol. The fraction of sp³-hybridized carbons (Fsp3) is 0.875. The van der Waals surface area contributed by atoms with E-state index >= 15 is 0 Å². The molecule has 0 aromatic heterocycles. The summed E-state index contributed by atoms with van der Waals surface area (Å²) >= 11 is 5.07. The average Bonchev–Trinajstić information content (AvgIpc) is 1.80. The van der Waals surface area contributed by atoms with Gasteiger partial charge >= 0.3 is 0 Å². The lowest BCUT2D eigenvalue weighted by Gasteiger charge is -2.32. The monoisotopic (exact) mass is 196 g/mol. The summed E-state index contributed by atoms with van der Waals surface area (Å²) in [6.45, 7) is 0. The Bertz CT molecular complexity index is 168. The van der Waals surface area contributed by atoms with Crippen molar-refractivity contribution in [2.45, 2.75) is 32.1 Å². The molecule has 0 aromatic rings. The number of halogens is 3. The molecule has 1 atom stereocenters. The highest BCUT2D eigenvalue weighted by molar-refractivity contribution is 6.63. The predicted octanol–water partition coefficient (Wildman–Crippen LogP) is 2.82. The van der Waals surface area contributed by atoms with Gasteiger partial charge < -0.3 is 0 Å². The molecule has 0 spiro atoms. The van der Waals surface area contributed by atoms with Gasteiger partial charge in [0.25, 0.3) is 0 Å². The van der Waals surface area contributed by atoms with Crippen molar-refractivity contribution in [2.24, 2.45) is 11.8 Å². The summed E-state index contributed by atoms with van der Waals surface area (Å²) in [4.78, 5) is 10.4. The number of carbonyl (C=O) groups is 1. The van der Waals surface area contributed by atoms with Crippen molar-refractivity contribution in [2.75, 3.05) is 0 Å². The van der Waals surface area contributed by atoms with Gasteiger partial charge in [0.05, 0.1) is 0 Å². The van der Waals surface area contributed by atoms with Crippen LogP contribution in [0.25, 0.3) is 0 Å². The van der Waals surface area contributed by atoms with E-state index in [-0.39, 0.29) is 12.3 Å². The molecular formula is C8H11ClF2O. The van der Waals surface area contributed by atoms with Crippen molar-refractivity contribution in [3.05, 3.63) is 0 Å². The van der Waals surface area contributed by atoms with Crippen molar-refractivity contribution in [3.63, 3.8) is 0 Å². The maximum atomic E-state index is 12.3. The Morgan fingerprint density at radius 2 is 2.08 bits per heavy atom. The third-order valence-corrected chi connectivity index (χ3v) is 2.63. The van der Waals surface area contributed by atoms with Gasteiger partial charge in [0.1, 0.15) is 0 Å². The second kappa shape index (κ2) is 4.17. The van der Waals surface area contributed by atoms with E-state index in [1.165, 1.54) is 0 Å². The summed E-state index contributed by atoms with van der Waals surface area (Å²) in [6.07, 6.45) is 0.0603. The Kier molecular flexibility index (Phi) is 3.44. The van der Waals surface area contributed by atoms with E-state index < -0.39 is 17.6 Å². The SMILES string of the molecule is O=C(Cl)CC(C(F)F)C1CCC1. The lowest BCUT2D eigenvalue weighted by atomic mass is 9.75. The molecule has 0 heterocycles. The Morgan fingerprint density at radius 1 is 1.50 bits per heavy atom. The smallest absolute Gasteiger partial charge is 0.242 e. The minimum atomic E-state index is -2.40. The van der Waals surface area contributed by atoms with Gasteiger partial charge in [0, 0.05) is 12.3 Å². The highest BCUT2D eigenvalue weighted by atomic mass is 35.5. The largest absolute Gasteiger partial charge is 0.281 e. The van der Waals surface area contributed by atoms with E-state index in [4.69, 9.17) is 11.6 Å². The third kappa shape index (κ3) is 2.41. The van der Waals surface area contributed by atoms with Crippen LogP contribution >= 0.6 is 11.6 Å². The number of rotatable bonds is 4. The number of carbonyl (C=O) groups excluding carboxylic acids is 1. The van der Waals surface area contributed by atoms with Gasteiger partial charge in [-0.15, -0.1) is 0 Å². The first-order valence-electron chi connectivity index (χ1n) is 4.07. The van der Waals surface area contributed by atoms with Crippen LogP contribution in [0, 0.1) is 11.8 Å². The van der Waals surface area contributed by atoms with E-state index in [0.717, 1.165) is 19.3 Å². The topological polar surface area (TPSA) is 17.1 Å². The van der Waals surface area contributed by atoms with E-state index in [1.54, 1.807) is 0 Å². The van der Waals surface area contributed by atoms with Crippen LogP contribution in [0.4, 0.5) is 8.78 Å². The lowest BCUT2D eigenvalue weighted by molar-refractivity contribution is -0.115. The fourth-order valence-electron chi connectivity index (χ4n) is 1.51. The summed E-state index contributed by atoms with van der Waals surface area (Å²) in [7, 11) is 0. The van der Waals surface area contributed by atoms with Crippen LogP contribution in [-0.4, -0.2) is 11.7 Å². The Morgan fingerprint density at radius 3 is 2.33 bits per heavy atom. The van der Waals surface area contributed by atoms with Crippen LogP contribution in [-0.2, 0) is 4.79 Å². The molecule has 1 rings (SSSR count). The third-order valence-electron chi connectivity index (χ3n) is 2.48. The summed E-state index contributed by atoms with van der Waals surface area (Å²) in [5, 5.41) is -0.646. The molecule has 12 heavy (non-hydrogen) atoms. The first-order chi connectivity index (χ1) is 5.61. The Hall–Kier alpha value is -0.180. The van der Waals surface area contributed by atoms with Crippen molar-refractivity contribution < 1.29 is 13.6 Å². The highest BCUT2D eigenvalue weighted by Gasteiger charge is 2.34. The van der Waals surface area contributed by atoms with Crippen molar-refractivity contribution >= 4 is 16.8 Å². The van der Waals surface area contributed by atoms with Gasteiger partial charge in [-0.3, -0.25) is 4.79 Å². The molecule has 0 aromatic carbocycles. The van der Waals surface area contributed by atoms with Crippen LogP contribution < -0.4 is 0 Å². The van der Waals surface area contributed by atoms with E-state index in [0.29, 0.717) is 0 Å². The molecule has 0 N–H and O–H groups in total. The van der Waals surface area contributed by atoms with Gasteiger partial charge in [-0.2, -0.15) is 0 Å². The van der Waals surface area contributed by atoms with Crippen LogP contribution in [0.15, 0.2) is 0 Å². The molecule has 1 aliphatic rings. The molecule has 0 aliphatic heterocycles. The van der Waals surface area contributed by atoms with E-state index in [1.807, 2.05) is 0 Å². The summed E-state index contributed by atoms with van der Waals surface area (Å²) in [5.41, 5.74) is 0. The van der Waals surface area contributed by atoms with Gasteiger partial charge in [-0.1, -0.05) is 6.42 Å². The molecule has 0 bridgehead atoms. The van der Waals surface area contributed by atoms with Gasteiger partial charge in [0.2, 0.25) is 11.7 Å². The highest BCUT2D eigenvalue weighted by Crippen LogP contribution is 2.38. The molecule has 1 fully saturated rings. The lowest BCUT2D eigenvalue weighted by Crippen LogP contribution is -2.28. The van der Waals surface area contributed by atoms with Gasteiger partial charge in [0.15, 0.2) is 0 Å². The van der Waals surface area contributed by atoms with Crippen LogP contribution in [0.2, 0.25) is 0 Å². The molecule has 1 saturated carbocycles. The minimum Gasteiger partial charge on any atom is -0.281 e. The second-order valence-electron chi connectivity index (χ2n) is 3.25. The molecule has 1 unspecified atom stereocenters. The van der Waals surface area contributed by atoms with Gasteiger partial charge in [-0.25, -0.2) is 8.78 Å². The summed E-state index contributed by atoms with van der Waals surface area (Å²) < 4.78 is 24.6. The second-order valence-corrected chi connectivity index (χ2v) is 3.67. The van der Waals surface area contributed by atoms with Crippen molar-refractivity contribution in [3.8, 4) is 0 Å². The van der Waals surface area contributed by atoms with Gasteiger partial charge in [-0.05, 0) is 30.4 Å². The zero-order valence-electron chi connectivity index (χ0n) is 6.60. The van der Waals surface area contributed by atoms with Crippen molar-refractivity contribution in [1.82, 2.24) is 0 Å².